The topological polar surface area (TPSA) is 149 Å². The van der Waals surface area contributed by atoms with E-state index in [1.807, 2.05) is 0 Å². The SMILES string of the molecule is CC#CCOc1ccc(S(=O)(=O)C2(C(=O)OCC)CCOCC2)cc1.CC#CCOc1ccc(S(=O)(=O)CC(=O)OCC)cc1. The quantitative estimate of drug-likeness (QED) is 0.243. The zero-order valence-corrected chi connectivity index (χ0v) is 27.4. The normalized spacial score (nSPS) is 13.7. The molecule has 1 aliphatic heterocycles. The van der Waals surface area contributed by atoms with E-state index in [1.165, 1.54) is 36.4 Å². The summed E-state index contributed by atoms with van der Waals surface area (Å²) in [5, 5.41) is 0. The van der Waals surface area contributed by atoms with Crippen molar-refractivity contribution in [1.82, 2.24) is 0 Å². The lowest BCUT2D eigenvalue weighted by molar-refractivity contribution is -0.149. The maximum absolute atomic E-state index is 13.2. The average Bonchev–Trinajstić information content (AvgIpc) is 3.02. The highest BCUT2D eigenvalue weighted by atomic mass is 32.2. The lowest BCUT2D eigenvalue weighted by atomic mass is 9.99. The van der Waals surface area contributed by atoms with Gasteiger partial charge in [0, 0.05) is 26.1 Å². The maximum Gasteiger partial charge on any atom is 0.328 e. The van der Waals surface area contributed by atoms with Crippen molar-refractivity contribution in [1.29, 1.82) is 0 Å². The van der Waals surface area contributed by atoms with Gasteiger partial charge in [-0.15, -0.1) is 11.8 Å². The Morgan fingerprint density at radius 1 is 0.756 bits per heavy atom. The Labute approximate surface area is 265 Å². The molecule has 13 heteroatoms. The highest BCUT2D eigenvalue weighted by Crippen LogP contribution is 2.36. The van der Waals surface area contributed by atoms with Gasteiger partial charge in [-0.05, 0) is 76.2 Å². The van der Waals surface area contributed by atoms with Crippen molar-refractivity contribution in [3.63, 3.8) is 0 Å². The summed E-state index contributed by atoms with van der Waals surface area (Å²) in [6.45, 7) is 7.85. The van der Waals surface area contributed by atoms with Gasteiger partial charge in [-0.25, -0.2) is 16.8 Å². The number of rotatable bonds is 12. The van der Waals surface area contributed by atoms with Gasteiger partial charge in [0.1, 0.15) is 24.7 Å². The largest absolute Gasteiger partial charge is 0.481 e. The molecule has 1 heterocycles. The molecule has 0 radical (unpaired) electrons. The van der Waals surface area contributed by atoms with Gasteiger partial charge in [0.2, 0.25) is 0 Å². The summed E-state index contributed by atoms with van der Waals surface area (Å²) >= 11 is 0. The van der Waals surface area contributed by atoms with Gasteiger partial charge in [0.05, 0.1) is 23.0 Å². The van der Waals surface area contributed by atoms with Crippen LogP contribution in [0.2, 0.25) is 0 Å². The summed E-state index contributed by atoms with van der Waals surface area (Å²) in [5.74, 6) is 9.79. The molecule has 11 nitrogen and oxygen atoms in total. The number of ether oxygens (including phenoxy) is 5. The predicted molar refractivity (Wildman–Crippen MR) is 166 cm³/mol. The van der Waals surface area contributed by atoms with Crippen molar-refractivity contribution in [3.8, 4) is 35.2 Å². The lowest BCUT2D eigenvalue weighted by Gasteiger charge is -2.34. The summed E-state index contributed by atoms with van der Waals surface area (Å²) in [7, 11) is -7.61. The number of hydrogen-bond donors (Lipinski definition) is 0. The van der Waals surface area contributed by atoms with Gasteiger partial charge >= 0.3 is 11.9 Å². The smallest absolute Gasteiger partial charge is 0.328 e. The monoisotopic (exact) mass is 662 g/mol. The van der Waals surface area contributed by atoms with Crippen molar-refractivity contribution in [2.75, 3.05) is 45.4 Å². The van der Waals surface area contributed by atoms with Crippen LogP contribution in [0.3, 0.4) is 0 Å². The molecule has 2 aromatic carbocycles. The Hall–Kier alpha value is -4.04. The molecule has 3 rings (SSSR count). The van der Waals surface area contributed by atoms with Crippen LogP contribution in [0.1, 0.15) is 40.5 Å². The molecule has 0 N–H and O–H groups in total. The van der Waals surface area contributed by atoms with Crippen LogP contribution in [0, 0.1) is 23.7 Å². The number of sulfone groups is 2. The predicted octanol–water partition coefficient (Wildman–Crippen LogP) is 3.40. The lowest BCUT2D eigenvalue weighted by Crippen LogP contribution is -2.51. The molecule has 1 fully saturated rings. The van der Waals surface area contributed by atoms with Crippen LogP contribution >= 0.6 is 0 Å². The second-order valence-corrected chi connectivity index (χ2v) is 13.5. The Morgan fingerprint density at radius 3 is 1.67 bits per heavy atom. The molecule has 2 aromatic rings. The number of benzene rings is 2. The van der Waals surface area contributed by atoms with E-state index in [1.54, 1.807) is 39.8 Å². The molecular weight excluding hydrogens is 624 g/mol. The second-order valence-electron chi connectivity index (χ2n) is 9.27. The van der Waals surface area contributed by atoms with E-state index in [9.17, 15) is 26.4 Å². The van der Waals surface area contributed by atoms with Crippen LogP contribution in [-0.2, 0) is 43.5 Å². The molecule has 1 saturated heterocycles. The molecular formula is C32H38O11S2. The fourth-order valence-electron chi connectivity index (χ4n) is 4.05. The summed E-state index contributed by atoms with van der Waals surface area (Å²) in [6.07, 6.45) is 0.164. The highest BCUT2D eigenvalue weighted by molar-refractivity contribution is 7.93. The Bertz CT molecular complexity index is 1600. The molecule has 0 spiro atoms. The van der Waals surface area contributed by atoms with Crippen molar-refractivity contribution >= 4 is 31.6 Å². The van der Waals surface area contributed by atoms with Gasteiger partial charge in [-0.1, -0.05) is 11.8 Å². The van der Waals surface area contributed by atoms with Crippen LogP contribution in [0.15, 0.2) is 58.3 Å². The van der Waals surface area contributed by atoms with Crippen molar-refractivity contribution < 1.29 is 50.1 Å². The summed E-state index contributed by atoms with van der Waals surface area (Å²) in [5.41, 5.74) is 0. The fraction of sp³-hybridized carbons (Fsp3) is 0.438. The molecule has 0 atom stereocenters. The number of esters is 2. The van der Waals surface area contributed by atoms with Gasteiger partial charge in [-0.3, -0.25) is 9.59 Å². The third kappa shape index (κ3) is 10.5. The molecule has 0 aliphatic carbocycles. The minimum atomic E-state index is -3.93. The number of carbonyl (C=O) groups excluding carboxylic acids is 2. The zero-order valence-electron chi connectivity index (χ0n) is 25.8. The Kier molecular flexibility index (Phi) is 14.9. The van der Waals surface area contributed by atoms with Crippen molar-refractivity contribution in [3.05, 3.63) is 48.5 Å². The number of carbonyl (C=O) groups is 2. The standard InChI is InChI=1S/C18H22O6S.C14H16O5S/c1-3-5-12-24-15-6-8-16(9-7-15)25(20,21)18(17(19)23-4-2)10-13-22-14-11-18;1-3-5-10-19-12-6-8-13(9-7-12)20(16,17)11-14(15)18-4-2/h6-9H,4,10-14H2,1-2H3;6-9H,4,10-11H2,1-2H3. The first-order valence-corrected chi connectivity index (χ1v) is 17.2. The summed E-state index contributed by atoms with van der Waals surface area (Å²) < 4.78 is 74.2. The molecule has 0 aromatic heterocycles. The molecule has 0 amide bonds. The van der Waals surface area contributed by atoms with E-state index in [-0.39, 0.29) is 62.3 Å². The van der Waals surface area contributed by atoms with Crippen LogP contribution in [0.4, 0.5) is 0 Å². The fourth-order valence-corrected chi connectivity index (χ4v) is 7.09. The van der Waals surface area contributed by atoms with Gasteiger partial charge < -0.3 is 23.7 Å². The van der Waals surface area contributed by atoms with E-state index in [2.05, 4.69) is 28.4 Å². The first-order chi connectivity index (χ1) is 21.5. The molecule has 1 aliphatic rings. The minimum absolute atomic E-state index is 0.0551. The van der Waals surface area contributed by atoms with E-state index in [0.717, 1.165) is 0 Å². The van der Waals surface area contributed by atoms with E-state index < -0.39 is 42.1 Å². The first kappa shape index (κ1) is 37.1. The Balaban J connectivity index is 0.000000322. The zero-order chi connectivity index (χ0) is 33.3. The highest BCUT2D eigenvalue weighted by Gasteiger charge is 2.53. The van der Waals surface area contributed by atoms with Crippen LogP contribution < -0.4 is 9.47 Å². The third-order valence-electron chi connectivity index (χ3n) is 6.37. The van der Waals surface area contributed by atoms with Gasteiger partial charge in [-0.2, -0.15) is 0 Å². The van der Waals surface area contributed by atoms with Crippen molar-refractivity contribution in [2.45, 2.75) is 55.1 Å². The molecule has 45 heavy (non-hydrogen) atoms. The molecule has 0 unspecified atom stereocenters. The van der Waals surface area contributed by atoms with Gasteiger partial charge in [0.15, 0.2) is 30.2 Å². The van der Waals surface area contributed by atoms with Crippen LogP contribution in [-0.4, -0.2) is 78.9 Å². The molecule has 0 bridgehead atoms. The third-order valence-corrected chi connectivity index (χ3v) is 10.5. The first-order valence-electron chi connectivity index (χ1n) is 14.1. The second kappa shape index (κ2) is 18.1. The molecule has 0 saturated carbocycles. The minimum Gasteiger partial charge on any atom is -0.481 e. The van der Waals surface area contributed by atoms with Crippen LogP contribution in [0.5, 0.6) is 11.5 Å². The van der Waals surface area contributed by atoms with Gasteiger partial charge in [0.25, 0.3) is 0 Å². The maximum atomic E-state index is 13.2. The van der Waals surface area contributed by atoms with Crippen molar-refractivity contribution in [2.24, 2.45) is 0 Å². The van der Waals surface area contributed by atoms with E-state index >= 15 is 0 Å². The van der Waals surface area contributed by atoms with Crippen LogP contribution in [0.25, 0.3) is 0 Å². The van der Waals surface area contributed by atoms with E-state index in [4.69, 9.17) is 18.9 Å². The summed E-state index contributed by atoms with van der Waals surface area (Å²) in [6, 6.07) is 11.8. The molecule has 244 valence electrons. The van der Waals surface area contributed by atoms with E-state index in [0.29, 0.717) is 11.5 Å². The summed E-state index contributed by atoms with van der Waals surface area (Å²) in [4.78, 5) is 23.8. The Morgan fingerprint density at radius 2 is 1.22 bits per heavy atom. The average molecular weight is 663 g/mol. The number of hydrogen-bond acceptors (Lipinski definition) is 11.